The van der Waals surface area contributed by atoms with Crippen LogP contribution in [0.4, 0.5) is 11.4 Å². The molecule has 39 heavy (non-hydrogen) atoms. The summed E-state index contributed by atoms with van der Waals surface area (Å²) in [6.07, 6.45) is 0.689. The minimum atomic E-state index is -0.527. The highest BCUT2D eigenvalue weighted by atomic mass is 16.5. The van der Waals surface area contributed by atoms with E-state index in [9.17, 15) is 19.2 Å². The standard InChI is InChI=1S/C25H30N2O9.C2H6O/c1-32-23(29)16-26(12-13-28)19-8-4-6-10-21(19)35-14-15-36-22-11-7-5-9-20(22)27(17-24(30)33-2)18-25(31)34-3;1-3-2/h4-11,13H,12,14-18H2,1-3H3;1-2H3. The number of nitrogens with zero attached hydrogens (tertiary/aromatic N) is 2. The van der Waals surface area contributed by atoms with Gasteiger partial charge in [0.1, 0.15) is 50.6 Å². The molecule has 0 aliphatic rings. The van der Waals surface area contributed by atoms with Crippen LogP contribution in [0.1, 0.15) is 0 Å². The molecule has 0 aliphatic carbocycles. The lowest BCUT2D eigenvalue weighted by Crippen LogP contribution is -2.36. The van der Waals surface area contributed by atoms with Crippen LogP contribution in [-0.2, 0) is 38.1 Å². The molecule has 0 amide bonds. The van der Waals surface area contributed by atoms with Crippen LogP contribution in [0.2, 0.25) is 0 Å². The zero-order chi connectivity index (χ0) is 29.0. The number of benzene rings is 2. The van der Waals surface area contributed by atoms with E-state index in [1.807, 2.05) is 0 Å². The predicted octanol–water partition coefficient (Wildman–Crippen LogP) is 1.74. The monoisotopic (exact) mass is 548 g/mol. The van der Waals surface area contributed by atoms with Crippen LogP contribution in [0.25, 0.3) is 0 Å². The van der Waals surface area contributed by atoms with Crippen molar-refractivity contribution in [3.63, 3.8) is 0 Å². The van der Waals surface area contributed by atoms with E-state index in [-0.39, 0.29) is 39.4 Å². The van der Waals surface area contributed by atoms with Crippen molar-refractivity contribution in [1.29, 1.82) is 0 Å². The van der Waals surface area contributed by atoms with Gasteiger partial charge in [0.2, 0.25) is 0 Å². The lowest BCUT2D eigenvalue weighted by molar-refractivity contribution is -0.141. The second kappa shape index (κ2) is 18.9. The average Bonchev–Trinajstić information content (AvgIpc) is 2.95. The number of esters is 3. The maximum atomic E-state index is 11.9. The molecule has 0 heterocycles. The first kappa shape index (κ1) is 32.7. The molecule has 0 radical (unpaired) electrons. The molecule has 0 aromatic heterocycles. The molecule has 0 atom stereocenters. The Labute approximate surface area is 228 Å². The van der Waals surface area contributed by atoms with Crippen molar-refractivity contribution in [2.45, 2.75) is 0 Å². The molecule has 0 aliphatic heterocycles. The molecule has 0 N–H and O–H groups in total. The molecule has 0 spiro atoms. The van der Waals surface area contributed by atoms with E-state index in [4.69, 9.17) is 23.7 Å². The molecule has 214 valence electrons. The van der Waals surface area contributed by atoms with E-state index in [0.717, 1.165) is 0 Å². The van der Waals surface area contributed by atoms with E-state index in [0.29, 0.717) is 29.2 Å². The normalized spacial score (nSPS) is 9.77. The summed E-state index contributed by atoms with van der Waals surface area (Å²) in [6, 6.07) is 13.9. The quantitative estimate of drug-likeness (QED) is 0.139. The van der Waals surface area contributed by atoms with Gasteiger partial charge in [-0.2, -0.15) is 0 Å². The molecular weight excluding hydrogens is 512 g/mol. The Morgan fingerprint density at radius 1 is 0.641 bits per heavy atom. The molecular formula is C27H36N2O10. The minimum Gasteiger partial charge on any atom is -0.488 e. The number of carbonyl (C=O) groups is 4. The molecule has 2 aromatic rings. The predicted molar refractivity (Wildman–Crippen MR) is 143 cm³/mol. The molecule has 12 nitrogen and oxygen atoms in total. The van der Waals surface area contributed by atoms with E-state index < -0.39 is 17.9 Å². The number of para-hydroxylation sites is 4. The first-order valence-electron chi connectivity index (χ1n) is 11.8. The van der Waals surface area contributed by atoms with Crippen molar-refractivity contribution in [3.8, 4) is 11.5 Å². The first-order valence-corrected chi connectivity index (χ1v) is 11.8. The van der Waals surface area contributed by atoms with Crippen LogP contribution in [0, 0.1) is 0 Å². The third-order valence-electron chi connectivity index (χ3n) is 4.95. The third kappa shape index (κ3) is 11.7. The second-order valence-electron chi connectivity index (χ2n) is 7.67. The van der Waals surface area contributed by atoms with Crippen molar-refractivity contribution in [2.24, 2.45) is 0 Å². The number of hydrogen-bond donors (Lipinski definition) is 0. The van der Waals surface area contributed by atoms with Crippen molar-refractivity contribution in [3.05, 3.63) is 48.5 Å². The largest absolute Gasteiger partial charge is 0.488 e. The van der Waals surface area contributed by atoms with Gasteiger partial charge in [0.05, 0.1) is 39.2 Å². The lowest BCUT2D eigenvalue weighted by Gasteiger charge is -2.25. The second-order valence-corrected chi connectivity index (χ2v) is 7.67. The SMILES string of the molecule is COC.COC(=O)CN(CC=O)c1ccccc1OCCOc1ccccc1N(CC(=O)OC)CC(=O)OC. The minimum absolute atomic E-state index is 0.0183. The molecule has 0 bridgehead atoms. The average molecular weight is 549 g/mol. The summed E-state index contributed by atoms with van der Waals surface area (Å²) >= 11 is 0. The zero-order valence-corrected chi connectivity index (χ0v) is 22.9. The van der Waals surface area contributed by atoms with E-state index in [2.05, 4.69) is 4.74 Å². The zero-order valence-electron chi connectivity index (χ0n) is 22.9. The van der Waals surface area contributed by atoms with Crippen LogP contribution >= 0.6 is 0 Å². The summed E-state index contributed by atoms with van der Waals surface area (Å²) in [5, 5.41) is 0. The van der Waals surface area contributed by atoms with Gasteiger partial charge < -0.3 is 43.0 Å². The Morgan fingerprint density at radius 2 is 1.00 bits per heavy atom. The molecule has 0 fully saturated rings. The molecule has 0 saturated heterocycles. The number of anilines is 2. The number of ether oxygens (including phenoxy) is 6. The van der Waals surface area contributed by atoms with Crippen molar-refractivity contribution in [2.75, 3.05) is 84.7 Å². The van der Waals surface area contributed by atoms with E-state index in [1.165, 1.54) is 26.2 Å². The maximum Gasteiger partial charge on any atom is 0.325 e. The van der Waals surface area contributed by atoms with Gasteiger partial charge in [-0.05, 0) is 24.3 Å². The third-order valence-corrected chi connectivity index (χ3v) is 4.95. The van der Waals surface area contributed by atoms with Gasteiger partial charge in [-0.25, -0.2) is 0 Å². The van der Waals surface area contributed by atoms with Gasteiger partial charge >= 0.3 is 17.9 Å². The van der Waals surface area contributed by atoms with Crippen molar-refractivity contribution >= 4 is 35.6 Å². The van der Waals surface area contributed by atoms with Gasteiger partial charge in [0.15, 0.2) is 0 Å². The molecule has 2 rings (SSSR count). The number of methoxy groups -OCH3 is 4. The Hall–Kier alpha value is -4.32. The number of hydrogen-bond acceptors (Lipinski definition) is 12. The Balaban J connectivity index is 0.00000242. The number of rotatable bonds is 15. The summed E-state index contributed by atoms with van der Waals surface area (Å²) < 4.78 is 30.2. The summed E-state index contributed by atoms with van der Waals surface area (Å²) in [7, 11) is 7.05. The van der Waals surface area contributed by atoms with Gasteiger partial charge in [0.25, 0.3) is 0 Å². The molecule has 0 saturated carbocycles. The molecule has 12 heteroatoms. The molecule has 0 unspecified atom stereocenters. The maximum absolute atomic E-state index is 11.9. The van der Waals surface area contributed by atoms with E-state index >= 15 is 0 Å². The van der Waals surface area contributed by atoms with Gasteiger partial charge in [-0.3, -0.25) is 14.4 Å². The lowest BCUT2D eigenvalue weighted by atomic mass is 10.2. The Kier molecular flexibility index (Phi) is 15.8. The fourth-order valence-electron chi connectivity index (χ4n) is 3.21. The van der Waals surface area contributed by atoms with Crippen LogP contribution in [0.15, 0.2) is 48.5 Å². The highest BCUT2D eigenvalue weighted by molar-refractivity contribution is 5.82. The van der Waals surface area contributed by atoms with Crippen molar-refractivity contribution in [1.82, 2.24) is 0 Å². The summed E-state index contributed by atoms with van der Waals surface area (Å²) in [4.78, 5) is 49.7. The Morgan fingerprint density at radius 3 is 1.38 bits per heavy atom. The fourth-order valence-corrected chi connectivity index (χ4v) is 3.21. The van der Waals surface area contributed by atoms with Gasteiger partial charge in [0, 0.05) is 14.2 Å². The highest BCUT2D eigenvalue weighted by Gasteiger charge is 2.20. The van der Waals surface area contributed by atoms with Gasteiger partial charge in [-0.1, -0.05) is 24.3 Å². The topological polar surface area (TPSA) is 130 Å². The summed E-state index contributed by atoms with van der Waals surface area (Å²) in [6.45, 7) is -0.233. The van der Waals surface area contributed by atoms with Crippen LogP contribution in [0.3, 0.4) is 0 Å². The highest BCUT2D eigenvalue weighted by Crippen LogP contribution is 2.29. The summed E-state index contributed by atoms with van der Waals surface area (Å²) in [5.74, 6) is -0.662. The smallest absolute Gasteiger partial charge is 0.325 e. The van der Waals surface area contributed by atoms with Crippen LogP contribution in [0.5, 0.6) is 11.5 Å². The summed E-state index contributed by atoms with van der Waals surface area (Å²) in [5.41, 5.74) is 1.06. The fraction of sp³-hybridized carbons (Fsp3) is 0.407. The number of aldehydes is 1. The van der Waals surface area contributed by atoms with Crippen molar-refractivity contribution < 1.29 is 47.6 Å². The van der Waals surface area contributed by atoms with Crippen LogP contribution in [-0.4, -0.2) is 99.1 Å². The van der Waals surface area contributed by atoms with Gasteiger partial charge in [-0.15, -0.1) is 0 Å². The van der Waals surface area contributed by atoms with E-state index in [1.54, 1.807) is 67.7 Å². The molecule has 2 aromatic carbocycles. The number of carbonyl (C=O) groups excluding carboxylic acids is 4. The first-order chi connectivity index (χ1) is 18.8. The Bertz CT molecular complexity index is 1030. The van der Waals surface area contributed by atoms with Crippen LogP contribution < -0.4 is 19.3 Å².